The van der Waals surface area contributed by atoms with E-state index < -0.39 is 0 Å². The zero-order chi connectivity index (χ0) is 14.5. The Bertz CT molecular complexity index is 528. The summed E-state index contributed by atoms with van der Waals surface area (Å²) in [7, 11) is 1.65. The maximum atomic E-state index is 12.4. The summed E-state index contributed by atoms with van der Waals surface area (Å²) in [5.41, 5.74) is 2.11. The molecule has 2 rings (SSSR count). The number of carbonyl (C=O) groups excluding carboxylic acids is 1. The third-order valence-electron chi connectivity index (χ3n) is 4.01. The molecule has 1 aromatic carbocycles. The van der Waals surface area contributed by atoms with Crippen molar-refractivity contribution in [2.24, 2.45) is 5.92 Å². The van der Waals surface area contributed by atoms with Crippen molar-refractivity contribution in [1.29, 1.82) is 0 Å². The normalized spacial score (nSPS) is 21.7. The van der Waals surface area contributed by atoms with Gasteiger partial charge in [0.25, 0.3) is 0 Å². The molecule has 0 aliphatic heterocycles. The molecule has 0 saturated heterocycles. The molecule has 2 atom stereocenters. The summed E-state index contributed by atoms with van der Waals surface area (Å²) >= 11 is 0. The van der Waals surface area contributed by atoms with Gasteiger partial charge in [-0.1, -0.05) is 56.7 Å². The number of rotatable bonds is 6. The monoisotopic (exact) mass is 270 g/mol. The van der Waals surface area contributed by atoms with Gasteiger partial charge in [-0.15, -0.1) is 0 Å². The van der Waals surface area contributed by atoms with Crippen molar-refractivity contribution >= 4 is 11.9 Å². The van der Waals surface area contributed by atoms with E-state index in [9.17, 15) is 4.79 Å². The lowest BCUT2D eigenvalue weighted by atomic mass is 9.82. The van der Waals surface area contributed by atoms with E-state index in [2.05, 4.69) is 13.5 Å². The van der Waals surface area contributed by atoms with Crippen molar-refractivity contribution in [3.63, 3.8) is 0 Å². The molecule has 2 nitrogen and oxygen atoms in total. The molecular weight excluding hydrogens is 248 g/mol. The molecule has 2 heteroatoms. The highest BCUT2D eigenvalue weighted by Gasteiger charge is 2.38. The van der Waals surface area contributed by atoms with E-state index >= 15 is 0 Å². The maximum absolute atomic E-state index is 12.4. The summed E-state index contributed by atoms with van der Waals surface area (Å²) in [6, 6.07) is 8.01. The fourth-order valence-corrected chi connectivity index (χ4v) is 2.99. The predicted octanol–water partition coefficient (Wildman–Crippen LogP) is 4.33. The molecule has 1 aromatic rings. The Labute approximate surface area is 121 Å². The lowest BCUT2D eigenvalue weighted by Gasteiger charge is -2.22. The standard InChI is InChI=1S/C18H22O2/c1-4-6-10-15-17(20-3)12-16(19)18(15)14-11-8-7-9-13(14)5-2/h5,7-9,11-12,15,18H,2,4,6,10H2,1,3H3/t15-,18+/m0/s1. The fourth-order valence-electron chi connectivity index (χ4n) is 2.99. The Kier molecular flexibility index (Phi) is 4.78. The summed E-state index contributed by atoms with van der Waals surface area (Å²) in [5.74, 6) is 1.02. The highest BCUT2D eigenvalue weighted by molar-refractivity contribution is 5.99. The molecule has 1 aliphatic rings. The van der Waals surface area contributed by atoms with Crippen LogP contribution >= 0.6 is 0 Å². The number of ether oxygens (including phenoxy) is 1. The zero-order valence-corrected chi connectivity index (χ0v) is 12.3. The van der Waals surface area contributed by atoms with Crippen molar-refractivity contribution in [3.8, 4) is 0 Å². The predicted molar refractivity (Wildman–Crippen MR) is 82.4 cm³/mol. The first-order valence-electron chi connectivity index (χ1n) is 7.23. The van der Waals surface area contributed by atoms with Gasteiger partial charge in [-0.25, -0.2) is 0 Å². The molecule has 0 saturated carbocycles. The summed E-state index contributed by atoms with van der Waals surface area (Å²) in [6.45, 7) is 6.02. The molecule has 0 aromatic heterocycles. The zero-order valence-electron chi connectivity index (χ0n) is 12.3. The van der Waals surface area contributed by atoms with E-state index in [-0.39, 0.29) is 17.6 Å². The number of benzene rings is 1. The topological polar surface area (TPSA) is 26.3 Å². The number of allylic oxidation sites excluding steroid dienone is 2. The van der Waals surface area contributed by atoms with Crippen LogP contribution in [-0.4, -0.2) is 12.9 Å². The minimum atomic E-state index is -0.120. The van der Waals surface area contributed by atoms with Crippen LogP contribution < -0.4 is 0 Å². The minimum absolute atomic E-state index is 0.120. The first-order chi connectivity index (χ1) is 9.72. The van der Waals surface area contributed by atoms with Crippen molar-refractivity contribution in [1.82, 2.24) is 0 Å². The van der Waals surface area contributed by atoms with Crippen molar-refractivity contribution in [2.45, 2.75) is 32.1 Å². The van der Waals surface area contributed by atoms with Gasteiger partial charge in [-0.3, -0.25) is 4.79 Å². The largest absolute Gasteiger partial charge is 0.501 e. The number of ketones is 1. The van der Waals surface area contributed by atoms with Gasteiger partial charge in [-0.05, 0) is 17.5 Å². The number of hydrogen-bond donors (Lipinski definition) is 0. The quantitative estimate of drug-likeness (QED) is 0.769. The molecule has 0 heterocycles. The van der Waals surface area contributed by atoms with Crippen LogP contribution in [-0.2, 0) is 9.53 Å². The average Bonchev–Trinajstić information content (AvgIpc) is 2.80. The van der Waals surface area contributed by atoms with Crippen LogP contribution in [0.3, 0.4) is 0 Å². The van der Waals surface area contributed by atoms with Crippen LogP contribution in [0.5, 0.6) is 0 Å². The first kappa shape index (κ1) is 14.6. The Morgan fingerprint density at radius 2 is 2.10 bits per heavy atom. The summed E-state index contributed by atoms with van der Waals surface area (Å²) in [5, 5.41) is 0. The van der Waals surface area contributed by atoms with Crippen LogP contribution in [0.4, 0.5) is 0 Å². The molecular formula is C18H22O2. The Hall–Kier alpha value is -1.83. The van der Waals surface area contributed by atoms with Crippen molar-refractivity contribution in [2.75, 3.05) is 7.11 Å². The van der Waals surface area contributed by atoms with Gasteiger partial charge < -0.3 is 4.74 Å². The number of hydrogen-bond acceptors (Lipinski definition) is 2. The van der Waals surface area contributed by atoms with E-state index in [1.165, 1.54) is 0 Å². The summed E-state index contributed by atoms with van der Waals surface area (Å²) in [4.78, 5) is 12.4. The number of carbonyl (C=O) groups is 1. The van der Waals surface area contributed by atoms with E-state index in [1.807, 2.05) is 30.3 Å². The van der Waals surface area contributed by atoms with E-state index in [1.54, 1.807) is 13.2 Å². The van der Waals surface area contributed by atoms with E-state index in [0.717, 1.165) is 36.1 Å². The van der Waals surface area contributed by atoms with Crippen LogP contribution in [0.15, 0.2) is 42.7 Å². The van der Waals surface area contributed by atoms with Gasteiger partial charge in [0, 0.05) is 12.0 Å². The molecule has 0 amide bonds. The third kappa shape index (κ3) is 2.69. The van der Waals surface area contributed by atoms with Gasteiger partial charge in [0.2, 0.25) is 0 Å². The first-order valence-corrected chi connectivity index (χ1v) is 7.23. The third-order valence-corrected chi connectivity index (χ3v) is 4.01. The van der Waals surface area contributed by atoms with E-state index in [4.69, 9.17) is 4.74 Å². The number of methoxy groups -OCH3 is 1. The van der Waals surface area contributed by atoms with Gasteiger partial charge >= 0.3 is 0 Å². The van der Waals surface area contributed by atoms with Crippen LogP contribution in [0.1, 0.15) is 43.2 Å². The smallest absolute Gasteiger partial charge is 0.167 e. The van der Waals surface area contributed by atoms with Crippen LogP contribution in [0.2, 0.25) is 0 Å². The maximum Gasteiger partial charge on any atom is 0.167 e. The molecule has 1 aliphatic carbocycles. The Morgan fingerprint density at radius 1 is 1.35 bits per heavy atom. The molecule has 0 fully saturated rings. The lowest BCUT2D eigenvalue weighted by molar-refractivity contribution is -0.116. The van der Waals surface area contributed by atoms with Gasteiger partial charge in [0.1, 0.15) is 5.76 Å². The van der Waals surface area contributed by atoms with Crippen LogP contribution in [0, 0.1) is 5.92 Å². The molecule has 20 heavy (non-hydrogen) atoms. The summed E-state index contributed by atoms with van der Waals surface area (Å²) in [6.07, 6.45) is 6.70. The highest BCUT2D eigenvalue weighted by atomic mass is 16.5. The van der Waals surface area contributed by atoms with Crippen molar-refractivity contribution < 1.29 is 9.53 Å². The molecule has 0 bridgehead atoms. The van der Waals surface area contributed by atoms with E-state index in [0.29, 0.717) is 0 Å². The van der Waals surface area contributed by atoms with Gasteiger partial charge in [0.15, 0.2) is 5.78 Å². The molecule has 0 unspecified atom stereocenters. The van der Waals surface area contributed by atoms with Crippen LogP contribution in [0.25, 0.3) is 6.08 Å². The molecule has 106 valence electrons. The highest BCUT2D eigenvalue weighted by Crippen LogP contribution is 2.41. The van der Waals surface area contributed by atoms with Crippen molar-refractivity contribution in [3.05, 3.63) is 53.8 Å². The average molecular weight is 270 g/mol. The fraction of sp³-hybridized carbons (Fsp3) is 0.389. The molecule has 0 N–H and O–H groups in total. The second-order valence-corrected chi connectivity index (χ2v) is 5.21. The Morgan fingerprint density at radius 3 is 2.75 bits per heavy atom. The second kappa shape index (κ2) is 6.56. The summed E-state index contributed by atoms with van der Waals surface area (Å²) < 4.78 is 5.43. The lowest BCUT2D eigenvalue weighted by Crippen LogP contribution is -2.17. The van der Waals surface area contributed by atoms with Gasteiger partial charge in [-0.2, -0.15) is 0 Å². The minimum Gasteiger partial charge on any atom is -0.501 e. The second-order valence-electron chi connectivity index (χ2n) is 5.21. The number of unbranched alkanes of at least 4 members (excludes halogenated alkanes) is 1. The molecule has 0 spiro atoms. The molecule has 0 radical (unpaired) electrons. The SMILES string of the molecule is C=Cc1ccccc1[C@H]1C(=O)C=C(OC)[C@@H]1CCCC. The van der Waals surface area contributed by atoms with Gasteiger partial charge in [0.05, 0.1) is 13.0 Å². The Balaban J connectivity index is 2.37.